The van der Waals surface area contributed by atoms with Crippen molar-refractivity contribution in [2.24, 2.45) is 12.1 Å². The van der Waals surface area contributed by atoms with Gasteiger partial charge in [-0.2, -0.15) is 10.2 Å². The van der Waals surface area contributed by atoms with Crippen LogP contribution in [0.2, 0.25) is 0 Å². The largest absolute Gasteiger partial charge is 0.493 e. The summed E-state index contributed by atoms with van der Waals surface area (Å²) in [5.74, 6) is 0.721. The Hall–Kier alpha value is -3.68. The lowest BCUT2D eigenvalue weighted by atomic mass is 10.1. The Balaban J connectivity index is 1.79. The quantitative estimate of drug-likeness (QED) is 0.491. The van der Waals surface area contributed by atoms with E-state index in [-0.39, 0.29) is 11.3 Å². The summed E-state index contributed by atoms with van der Waals surface area (Å²) in [5.41, 5.74) is 3.04. The number of hydrazone groups is 1. The molecule has 0 aliphatic heterocycles. The predicted octanol–water partition coefficient (Wildman–Crippen LogP) is 2.49. The summed E-state index contributed by atoms with van der Waals surface area (Å²) < 4.78 is 12.1. The van der Waals surface area contributed by atoms with Crippen molar-refractivity contribution >= 4 is 22.9 Å². The number of fused-ring (bicyclic) bond motifs is 1. The van der Waals surface area contributed by atoms with Crippen molar-refractivity contribution < 1.29 is 14.3 Å². The van der Waals surface area contributed by atoms with Crippen molar-refractivity contribution in [2.45, 2.75) is 13.3 Å². The van der Waals surface area contributed by atoms with Gasteiger partial charge in [-0.3, -0.25) is 9.59 Å². The van der Waals surface area contributed by atoms with Crippen molar-refractivity contribution in [2.75, 3.05) is 13.7 Å². The van der Waals surface area contributed by atoms with E-state index in [1.54, 1.807) is 43.5 Å². The maximum atomic E-state index is 12.6. The molecule has 0 saturated heterocycles. The maximum absolute atomic E-state index is 12.6. The van der Waals surface area contributed by atoms with E-state index in [1.807, 2.05) is 13.0 Å². The van der Waals surface area contributed by atoms with Crippen molar-refractivity contribution in [1.29, 1.82) is 0 Å². The monoisotopic (exact) mass is 394 g/mol. The minimum atomic E-state index is -0.511. The molecule has 0 radical (unpaired) electrons. The van der Waals surface area contributed by atoms with Gasteiger partial charge in [-0.15, -0.1) is 0 Å². The molecule has 0 atom stereocenters. The number of carbonyl (C=O) groups excluding carboxylic acids is 1. The zero-order chi connectivity index (χ0) is 20.8. The Kier molecular flexibility index (Phi) is 6.23. The fourth-order valence-corrected chi connectivity index (χ4v) is 2.78. The Morgan fingerprint density at radius 2 is 1.97 bits per heavy atom. The highest BCUT2D eigenvalue weighted by atomic mass is 16.5. The van der Waals surface area contributed by atoms with E-state index in [0.29, 0.717) is 28.9 Å². The molecule has 150 valence electrons. The number of aryl methyl sites for hydroxylation is 1. The highest BCUT2D eigenvalue weighted by Crippen LogP contribution is 2.27. The molecule has 3 rings (SSSR count). The molecule has 3 aromatic rings. The summed E-state index contributed by atoms with van der Waals surface area (Å²) in [6.07, 6.45) is 2.39. The van der Waals surface area contributed by atoms with Crippen LogP contribution in [0.15, 0.2) is 52.4 Å². The first kappa shape index (κ1) is 20.1. The van der Waals surface area contributed by atoms with Gasteiger partial charge in [-0.05, 0) is 36.2 Å². The van der Waals surface area contributed by atoms with E-state index >= 15 is 0 Å². The molecule has 0 bridgehead atoms. The molecular formula is C21H22N4O4. The van der Waals surface area contributed by atoms with Crippen molar-refractivity contribution in [3.63, 3.8) is 0 Å². The number of nitrogens with one attached hydrogen (secondary N) is 1. The minimum Gasteiger partial charge on any atom is -0.493 e. The number of hydrogen-bond acceptors (Lipinski definition) is 6. The lowest BCUT2D eigenvalue weighted by molar-refractivity contribution is 0.0950. The first-order valence-electron chi connectivity index (χ1n) is 9.15. The number of benzene rings is 2. The number of ether oxygens (including phenoxy) is 2. The summed E-state index contributed by atoms with van der Waals surface area (Å²) in [5, 5.41) is 8.97. The molecule has 8 nitrogen and oxygen atoms in total. The molecule has 0 saturated carbocycles. The number of methoxy groups -OCH3 is 1. The van der Waals surface area contributed by atoms with Gasteiger partial charge in [-0.1, -0.05) is 25.1 Å². The Morgan fingerprint density at radius 1 is 1.21 bits per heavy atom. The van der Waals surface area contributed by atoms with Crippen LogP contribution in [0.3, 0.4) is 0 Å². The highest BCUT2D eigenvalue weighted by molar-refractivity contribution is 6.04. The zero-order valence-corrected chi connectivity index (χ0v) is 16.5. The fraction of sp³-hybridized carbons (Fsp3) is 0.238. The third-order valence-corrected chi connectivity index (χ3v) is 4.20. The van der Waals surface area contributed by atoms with Crippen LogP contribution >= 0.6 is 0 Å². The van der Waals surface area contributed by atoms with E-state index in [0.717, 1.165) is 16.7 Å². The van der Waals surface area contributed by atoms with Crippen molar-refractivity contribution in [1.82, 2.24) is 15.2 Å². The van der Waals surface area contributed by atoms with Gasteiger partial charge in [0.15, 0.2) is 17.2 Å². The Bertz CT molecular complexity index is 1120. The van der Waals surface area contributed by atoms with E-state index in [2.05, 4.69) is 15.6 Å². The topological polar surface area (TPSA) is 94.8 Å². The van der Waals surface area contributed by atoms with E-state index in [9.17, 15) is 9.59 Å². The average Bonchev–Trinajstić information content (AvgIpc) is 2.75. The Morgan fingerprint density at radius 3 is 2.69 bits per heavy atom. The van der Waals surface area contributed by atoms with Gasteiger partial charge in [0.2, 0.25) is 0 Å². The number of amides is 1. The van der Waals surface area contributed by atoms with Crippen LogP contribution in [-0.2, 0) is 7.05 Å². The maximum Gasteiger partial charge on any atom is 0.292 e. The number of nitrogens with zero attached hydrogens (tertiary/aromatic N) is 3. The fourth-order valence-electron chi connectivity index (χ4n) is 2.78. The summed E-state index contributed by atoms with van der Waals surface area (Å²) in [4.78, 5) is 24.7. The molecule has 0 aliphatic rings. The highest BCUT2D eigenvalue weighted by Gasteiger charge is 2.15. The molecule has 8 heteroatoms. The molecule has 1 N–H and O–H groups in total. The number of aromatic nitrogens is 2. The van der Waals surface area contributed by atoms with Crippen LogP contribution in [0.25, 0.3) is 10.8 Å². The molecular weight excluding hydrogens is 372 g/mol. The zero-order valence-electron chi connectivity index (χ0n) is 16.5. The second-order valence-electron chi connectivity index (χ2n) is 6.28. The van der Waals surface area contributed by atoms with Gasteiger partial charge in [0.25, 0.3) is 11.5 Å². The molecule has 29 heavy (non-hydrogen) atoms. The molecule has 0 fully saturated rings. The smallest absolute Gasteiger partial charge is 0.292 e. The van der Waals surface area contributed by atoms with Gasteiger partial charge < -0.3 is 9.47 Å². The van der Waals surface area contributed by atoms with Gasteiger partial charge in [-0.25, -0.2) is 10.1 Å². The van der Waals surface area contributed by atoms with Crippen LogP contribution in [-0.4, -0.2) is 35.6 Å². The first-order chi connectivity index (χ1) is 14.0. The van der Waals surface area contributed by atoms with Gasteiger partial charge in [0.1, 0.15) is 0 Å². The molecule has 1 aromatic heterocycles. The SMILES string of the molecule is CCCOc1ccc(/C=N\NC(=O)c2nn(C)c(=O)c3ccccc23)cc1OC. The van der Waals surface area contributed by atoms with Gasteiger partial charge >= 0.3 is 0 Å². The van der Waals surface area contributed by atoms with E-state index in [4.69, 9.17) is 9.47 Å². The summed E-state index contributed by atoms with van der Waals surface area (Å²) in [6, 6.07) is 12.2. The van der Waals surface area contributed by atoms with E-state index < -0.39 is 5.91 Å². The van der Waals surface area contributed by atoms with Crippen molar-refractivity contribution in [3.05, 3.63) is 64.1 Å². The second-order valence-corrected chi connectivity index (χ2v) is 6.28. The van der Waals surface area contributed by atoms with Crippen molar-refractivity contribution in [3.8, 4) is 11.5 Å². The standard InChI is InChI=1S/C21H22N4O4/c1-4-11-29-17-10-9-14(12-18(17)28-3)13-22-23-20(26)19-15-7-5-6-8-16(15)21(27)25(2)24-19/h5-10,12-13H,4,11H2,1-3H3,(H,23,26)/b22-13-. The normalized spacial score (nSPS) is 11.0. The summed E-state index contributed by atoms with van der Waals surface area (Å²) >= 11 is 0. The van der Waals surface area contributed by atoms with Crippen LogP contribution in [0.1, 0.15) is 29.4 Å². The van der Waals surface area contributed by atoms with E-state index in [1.165, 1.54) is 13.3 Å². The molecule has 0 spiro atoms. The molecule has 0 aliphatic carbocycles. The molecule has 0 unspecified atom stereocenters. The molecule has 1 amide bonds. The lowest BCUT2D eigenvalue weighted by Gasteiger charge is -2.10. The van der Waals surface area contributed by atoms with Gasteiger partial charge in [0.05, 0.1) is 25.3 Å². The number of rotatable bonds is 7. The average molecular weight is 394 g/mol. The minimum absolute atomic E-state index is 0.126. The van der Waals surface area contributed by atoms with Crippen LogP contribution < -0.4 is 20.5 Å². The lowest BCUT2D eigenvalue weighted by Crippen LogP contribution is -2.27. The van der Waals surface area contributed by atoms with Crippen LogP contribution in [0.4, 0.5) is 0 Å². The van der Waals surface area contributed by atoms with Crippen LogP contribution in [0, 0.1) is 0 Å². The van der Waals surface area contributed by atoms with Crippen LogP contribution in [0.5, 0.6) is 11.5 Å². The summed E-state index contributed by atoms with van der Waals surface area (Å²) in [6.45, 7) is 2.62. The predicted molar refractivity (Wildman–Crippen MR) is 111 cm³/mol. The molecule has 1 heterocycles. The first-order valence-corrected chi connectivity index (χ1v) is 9.15. The number of hydrogen-bond donors (Lipinski definition) is 1. The summed E-state index contributed by atoms with van der Waals surface area (Å²) in [7, 11) is 3.07. The second kappa shape index (κ2) is 9.01. The molecule has 2 aromatic carbocycles. The third-order valence-electron chi connectivity index (χ3n) is 4.20. The van der Waals surface area contributed by atoms with Gasteiger partial charge in [0, 0.05) is 12.4 Å². The number of carbonyl (C=O) groups is 1. The Labute approximate surface area is 167 Å². The third kappa shape index (κ3) is 4.43.